The van der Waals surface area contributed by atoms with E-state index in [9.17, 15) is 4.79 Å². The molecule has 0 aliphatic rings. The van der Waals surface area contributed by atoms with Crippen molar-refractivity contribution < 1.29 is 9.90 Å². The Kier molecular flexibility index (Phi) is 3.62. The molecule has 0 aromatic carbocycles. The number of aliphatic hydroxyl groups excluding tert-OH is 1. The molecule has 5 heteroatoms. The first kappa shape index (κ1) is 12.6. The summed E-state index contributed by atoms with van der Waals surface area (Å²) in [5, 5.41) is 11.7. The number of fused-ring (bicyclic) bond motifs is 1. The van der Waals surface area contributed by atoms with Gasteiger partial charge in [-0.05, 0) is 24.5 Å². The lowest BCUT2D eigenvalue weighted by Crippen LogP contribution is -2.30. The van der Waals surface area contributed by atoms with Gasteiger partial charge in [-0.15, -0.1) is 0 Å². The van der Waals surface area contributed by atoms with Crippen molar-refractivity contribution in [2.75, 3.05) is 13.2 Å². The van der Waals surface area contributed by atoms with E-state index >= 15 is 0 Å². The molecule has 0 saturated carbocycles. The molecule has 0 aliphatic carbocycles. The van der Waals surface area contributed by atoms with E-state index in [1.807, 2.05) is 32.2 Å². The van der Waals surface area contributed by atoms with Crippen LogP contribution in [-0.2, 0) is 0 Å². The van der Waals surface area contributed by atoms with Crippen molar-refractivity contribution in [2.24, 2.45) is 5.92 Å². The van der Waals surface area contributed by atoms with Gasteiger partial charge < -0.3 is 10.4 Å². The number of aliphatic hydroxyl groups is 1. The number of hydrogen-bond donors (Lipinski definition) is 2. The summed E-state index contributed by atoms with van der Waals surface area (Å²) < 4.78 is 1.77. The van der Waals surface area contributed by atoms with Gasteiger partial charge >= 0.3 is 0 Å². The summed E-state index contributed by atoms with van der Waals surface area (Å²) in [6.45, 7) is 4.36. The normalized spacial score (nSPS) is 12.6. The Bertz CT molecular complexity index is 562. The fourth-order valence-electron chi connectivity index (χ4n) is 1.68. The van der Waals surface area contributed by atoms with Crippen LogP contribution in [0.25, 0.3) is 5.65 Å². The first-order valence-corrected chi connectivity index (χ1v) is 5.94. The zero-order chi connectivity index (χ0) is 13.1. The van der Waals surface area contributed by atoms with E-state index in [1.54, 1.807) is 10.6 Å². The number of rotatable bonds is 4. The third kappa shape index (κ3) is 2.51. The third-order valence-corrected chi connectivity index (χ3v) is 2.81. The molecular formula is C13H17N3O2. The molecule has 0 bridgehead atoms. The third-order valence-electron chi connectivity index (χ3n) is 2.81. The van der Waals surface area contributed by atoms with Crippen LogP contribution >= 0.6 is 0 Å². The van der Waals surface area contributed by atoms with Crippen LogP contribution in [0.2, 0.25) is 0 Å². The quantitative estimate of drug-likeness (QED) is 0.847. The highest BCUT2D eigenvalue weighted by Gasteiger charge is 2.12. The topological polar surface area (TPSA) is 66.6 Å². The average molecular weight is 247 g/mol. The van der Waals surface area contributed by atoms with Crippen LogP contribution < -0.4 is 5.32 Å². The van der Waals surface area contributed by atoms with E-state index in [0.29, 0.717) is 12.2 Å². The van der Waals surface area contributed by atoms with Crippen molar-refractivity contribution >= 4 is 11.6 Å². The first-order valence-electron chi connectivity index (χ1n) is 5.94. The monoisotopic (exact) mass is 247 g/mol. The predicted molar refractivity (Wildman–Crippen MR) is 68.5 cm³/mol. The van der Waals surface area contributed by atoms with Crippen molar-refractivity contribution in [3.05, 3.63) is 35.8 Å². The maximum atomic E-state index is 12.0. The zero-order valence-corrected chi connectivity index (χ0v) is 10.6. The molecule has 2 heterocycles. The molecule has 96 valence electrons. The van der Waals surface area contributed by atoms with Gasteiger partial charge in [-0.1, -0.05) is 13.0 Å². The van der Waals surface area contributed by atoms with Gasteiger partial charge in [0.15, 0.2) is 0 Å². The number of pyridine rings is 1. The average Bonchev–Trinajstić information content (AvgIpc) is 2.78. The molecular weight excluding hydrogens is 230 g/mol. The Balaban J connectivity index is 2.20. The maximum absolute atomic E-state index is 12.0. The lowest BCUT2D eigenvalue weighted by Gasteiger charge is -2.09. The fourth-order valence-corrected chi connectivity index (χ4v) is 1.68. The predicted octanol–water partition coefficient (Wildman–Crippen LogP) is 1.00. The van der Waals surface area contributed by atoms with Crippen molar-refractivity contribution in [3.8, 4) is 0 Å². The van der Waals surface area contributed by atoms with Crippen LogP contribution in [0.15, 0.2) is 24.5 Å². The van der Waals surface area contributed by atoms with Crippen molar-refractivity contribution in [1.82, 2.24) is 14.7 Å². The van der Waals surface area contributed by atoms with Gasteiger partial charge in [0.25, 0.3) is 5.91 Å². The molecule has 5 nitrogen and oxygen atoms in total. The highest BCUT2D eigenvalue weighted by Crippen LogP contribution is 2.08. The van der Waals surface area contributed by atoms with E-state index in [-0.39, 0.29) is 18.4 Å². The van der Waals surface area contributed by atoms with Crippen LogP contribution in [0.3, 0.4) is 0 Å². The minimum atomic E-state index is -0.173. The Hall–Kier alpha value is -1.88. The molecule has 2 N–H and O–H groups in total. The van der Waals surface area contributed by atoms with Gasteiger partial charge in [0, 0.05) is 19.3 Å². The minimum absolute atomic E-state index is 0.0508. The Morgan fingerprint density at radius 2 is 2.33 bits per heavy atom. The Labute approximate surface area is 105 Å². The number of carbonyl (C=O) groups is 1. The SMILES string of the molecule is Cc1ccc2ncc(C(=O)NCC(C)CO)n2c1. The number of nitrogens with zero attached hydrogens (tertiary/aromatic N) is 2. The molecule has 2 aromatic heterocycles. The molecule has 1 amide bonds. The highest BCUT2D eigenvalue weighted by molar-refractivity contribution is 5.93. The van der Waals surface area contributed by atoms with Gasteiger partial charge in [-0.25, -0.2) is 4.98 Å². The number of amides is 1. The van der Waals surface area contributed by atoms with Crippen LogP contribution in [-0.4, -0.2) is 33.6 Å². The highest BCUT2D eigenvalue weighted by atomic mass is 16.3. The fraction of sp³-hybridized carbons (Fsp3) is 0.385. The molecule has 18 heavy (non-hydrogen) atoms. The lowest BCUT2D eigenvalue weighted by atomic mass is 10.2. The second kappa shape index (κ2) is 5.18. The molecule has 0 fully saturated rings. The Morgan fingerprint density at radius 1 is 1.56 bits per heavy atom. The van der Waals surface area contributed by atoms with E-state index in [1.165, 1.54) is 0 Å². The van der Waals surface area contributed by atoms with Gasteiger partial charge in [0.1, 0.15) is 11.3 Å². The summed E-state index contributed by atoms with van der Waals surface area (Å²) in [5.41, 5.74) is 2.33. The smallest absolute Gasteiger partial charge is 0.269 e. The van der Waals surface area contributed by atoms with E-state index in [2.05, 4.69) is 10.3 Å². The standard InChI is InChI=1S/C13H17N3O2/c1-9-3-4-12-14-6-11(16(12)7-9)13(18)15-5-10(2)8-17/h3-4,6-7,10,17H,5,8H2,1-2H3,(H,15,18). The molecule has 2 rings (SSSR count). The number of carbonyl (C=O) groups excluding carboxylic acids is 1. The Morgan fingerprint density at radius 3 is 3.06 bits per heavy atom. The summed E-state index contributed by atoms with van der Waals surface area (Å²) in [4.78, 5) is 16.2. The maximum Gasteiger partial charge on any atom is 0.269 e. The van der Waals surface area contributed by atoms with E-state index in [0.717, 1.165) is 11.2 Å². The van der Waals surface area contributed by atoms with Crippen molar-refractivity contribution in [3.63, 3.8) is 0 Å². The number of aryl methyl sites for hydroxylation is 1. The first-order chi connectivity index (χ1) is 8.61. The van der Waals surface area contributed by atoms with Crippen LogP contribution in [0.4, 0.5) is 0 Å². The van der Waals surface area contributed by atoms with Gasteiger partial charge in [-0.3, -0.25) is 9.20 Å². The second-order valence-corrected chi connectivity index (χ2v) is 4.58. The summed E-state index contributed by atoms with van der Waals surface area (Å²) in [6, 6.07) is 3.83. The number of imidazole rings is 1. The zero-order valence-electron chi connectivity index (χ0n) is 10.6. The summed E-state index contributed by atoms with van der Waals surface area (Å²) in [5.74, 6) is -0.122. The minimum Gasteiger partial charge on any atom is -0.396 e. The van der Waals surface area contributed by atoms with Crippen molar-refractivity contribution in [2.45, 2.75) is 13.8 Å². The molecule has 2 aromatic rings. The number of hydrogen-bond acceptors (Lipinski definition) is 3. The van der Waals surface area contributed by atoms with E-state index < -0.39 is 0 Å². The lowest BCUT2D eigenvalue weighted by molar-refractivity contribution is 0.0936. The summed E-state index contributed by atoms with van der Waals surface area (Å²) >= 11 is 0. The largest absolute Gasteiger partial charge is 0.396 e. The summed E-state index contributed by atoms with van der Waals surface area (Å²) in [7, 11) is 0. The number of aromatic nitrogens is 2. The molecule has 0 spiro atoms. The van der Waals surface area contributed by atoms with Crippen molar-refractivity contribution in [1.29, 1.82) is 0 Å². The molecule has 0 radical (unpaired) electrons. The van der Waals surface area contributed by atoms with Gasteiger partial charge in [0.05, 0.1) is 6.20 Å². The van der Waals surface area contributed by atoms with Gasteiger partial charge in [-0.2, -0.15) is 0 Å². The molecule has 0 aliphatic heterocycles. The van der Waals surface area contributed by atoms with Gasteiger partial charge in [0.2, 0.25) is 0 Å². The number of nitrogens with one attached hydrogen (secondary N) is 1. The summed E-state index contributed by atoms with van der Waals surface area (Å²) in [6.07, 6.45) is 3.44. The van der Waals surface area contributed by atoms with Crippen LogP contribution in [0.5, 0.6) is 0 Å². The molecule has 1 unspecified atom stereocenters. The molecule has 0 saturated heterocycles. The van der Waals surface area contributed by atoms with Crippen LogP contribution in [0.1, 0.15) is 23.0 Å². The van der Waals surface area contributed by atoms with Crippen LogP contribution in [0, 0.1) is 12.8 Å². The van der Waals surface area contributed by atoms with E-state index in [4.69, 9.17) is 5.11 Å². The second-order valence-electron chi connectivity index (χ2n) is 4.58. The molecule has 1 atom stereocenters.